The van der Waals surface area contributed by atoms with Crippen LogP contribution in [0, 0.1) is 13.8 Å². The van der Waals surface area contributed by atoms with Gasteiger partial charge in [0.1, 0.15) is 10.3 Å². The highest BCUT2D eigenvalue weighted by Crippen LogP contribution is 2.42. The summed E-state index contributed by atoms with van der Waals surface area (Å²) in [6.07, 6.45) is 0. The smallest absolute Gasteiger partial charge is 0.235 e. The van der Waals surface area contributed by atoms with Crippen LogP contribution >= 0.6 is 23.4 Å². The summed E-state index contributed by atoms with van der Waals surface area (Å²) in [6.45, 7) is 4.44. The van der Waals surface area contributed by atoms with Crippen LogP contribution < -0.4 is 11.1 Å². The minimum atomic E-state index is -0.342. The molecule has 1 aromatic carbocycles. The zero-order valence-electron chi connectivity index (χ0n) is 13.0. The first-order valence-corrected chi connectivity index (χ1v) is 8.64. The van der Waals surface area contributed by atoms with E-state index in [9.17, 15) is 4.79 Å². The van der Waals surface area contributed by atoms with Crippen LogP contribution in [0.3, 0.4) is 0 Å². The lowest BCUT2D eigenvalue weighted by molar-refractivity contribution is -0.121. The van der Waals surface area contributed by atoms with Gasteiger partial charge in [0, 0.05) is 22.8 Å². The van der Waals surface area contributed by atoms with Gasteiger partial charge in [0.05, 0.1) is 6.04 Å². The maximum atomic E-state index is 12.5. The Morgan fingerprint density at radius 2 is 2.04 bits per heavy atom. The summed E-state index contributed by atoms with van der Waals surface area (Å²) in [7, 11) is 0. The normalized spacial score (nSPS) is 19.5. The number of benzene rings is 1. The molecule has 0 aliphatic carbocycles. The largest absolute Gasteiger partial charge is 0.351 e. The van der Waals surface area contributed by atoms with E-state index >= 15 is 0 Å². The second-order valence-corrected chi connectivity index (χ2v) is 7.26. The molecule has 2 aromatic rings. The lowest BCUT2D eigenvalue weighted by Crippen LogP contribution is -2.37. The number of thioether (sulfide) groups is 1. The average Bonchev–Trinajstić information content (AvgIpc) is 2.84. The van der Waals surface area contributed by atoms with Crippen molar-refractivity contribution >= 4 is 29.3 Å². The van der Waals surface area contributed by atoms with E-state index in [0.29, 0.717) is 11.6 Å². The Morgan fingerprint density at radius 3 is 2.74 bits per heavy atom. The van der Waals surface area contributed by atoms with Gasteiger partial charge in [0.15, 0.2) is 0 Å². The zero-order valence-corrected chi connectivity index (χ0v) is 14.5. The molecule has 6 heteroatoms. The van der Waals surface area contributed by atoms with Gasteiger partial charge >= 0.3 is 0 Å². The Hall–Kier alpha value is -1.56. The van der Waals surface area contributed by atoms with E-state index < -0.39 is 0 Å². The van der Waals surface area contributed by atoms with Gasteiger partial charge in [-0.25, -0.2) is 4.98 Å². The summed E-state index contributed by atoms with van der Waals surface area (Å²) >= 11 is 7.30. The van der Waals surface area contributed by atoms with Gasteiger partial charge in [-0.3, -0.25) is 4.79 Å². The number of carbonyl (C=O) groups is 1. The third kappa shape index (κ3) is 3.37. The monoisotopic (exact) mass is 347 g/mol. The molecule has 1 aromatic heterocycles. The maximum Gasteiger partial charge on any atom is 0.235 e. The van der Waals surface area contributed by atoms with Crippen LogP contribution in [0.15, 0.2) is 35.4 Å². The fraction of sp³-hybridized carbons (Fsp3) is 0.294. The SMILES string of the molecule is Cc1cc2c(nc1C)SC(C(=O)NCc1ccc(Cl)cc1)C2N. The van der Waals surface area contributed by atoms with Crippen molar-refractivity contribution in [1.82, 2.24) is 10.3 Å². The Bertz CT molecular complexity index is 748. The van der Waals surface area contributed by atoms with Crippen LogP contribution in [0.25, 0.3) is 0 Å². The molecule has 4 nitrogen and oxygen atoms in total. The lowest BCUT2D eigenvalue weighted by Gasteiger charge is -2.15. The molecule has 0 spiro atoms. The molecule has 0 bridgehead atoms. The number of nitrogens with zero attached hydrogens (tertiary/aromatic N) is 1. The number of amides is 1. The molecule has 3 rings (SSSR count). The van der Waals surface area contributed by atoms with Crippen LogP contribution in [0.2, 0.25) is 5.02 Å². The van der Waals surface area contributed by atoms with Gasteiger partial charge in [-0.15, -0.1) is 0 Å². The molecular weight excluding hydrogens is 330 g/mol. The molecule has 0 fully saturated rings. The molecule has 1 aliphatic heterocycles. The van der Waals surface area contributed by atoms with Crippen molar-refractivity contribution in [2.24, 2.45) is 5.73 Å². The maximum absolute atomic E-state index is 12.5. The fourth-order valence-electron chi connectivity index (χ4n) is 2.50. The molecule has 1 amide bonds. The Labute approximate surface area is 144 Å². The number of aromatic nitrogens is 1. The Kier molecular flexibility index (Phi) is 4.62. The average molecular weight is 348 g/mol. The molecule has 2 heterocycles. The van der Waals surface area contributed by atoms with Gasteiger partial charge in [0.25, 0.3) is 0 Å². The summed E-state index contributed by atoms with van der Waals surface area (Å²) in [5.74, 6) is -0.0641. The fourth-order valence-corrected chi connectivity index (χ4v) is 3.87. The first-order chi connectivity index (χ1) is 11.0. The van der Waals surface area contributed by atoms with Crippen LogP contribution in [-0.4, -0.2) is 16.1 Å². The molecule has 3 N–H and O–H groups in total. The molecule has 120 valence electrons. The topological polar surface area (TPSA) is 68.0 Å². The number of pyridine rings is 1. The summed E-state index contributed by atoms with van der Waals surface area (Å²) in [6, 6.07) is 9.13. The van der Waals surface area contributed by atoms with Gasteiger partial charge in [0.2, 0.25) is 5.91 Å². The molecule has 2 atom stereocenters. The first kappa shape index (κ1) is 16.3. The van der Waals surface area contributed by atoms with Crippen molar-refractivity contribution in [2.75, 3.05) is 0 Å². The first-order valence-electron chi connectivity index (χ1n) is 7.38. The van der Waals surface area contributed by atoms with Crippen LogP contribution in [0.1, 0.15) is 28.4 Å². The standard InChI is InChI=1S/C17H18ClN3OS/c1-9-7-13-14(19)15(23-17(13)21-10(9)2)16(22)20-8-11-3-5-12(18)6-4-11/h3-7,14-15H,8,19H2,1-2H3,(H,20,22). The number of nitrogens with one attached hydrogen (secondary N) is 1. The van der Waals surface area contributed by atoms with E-state index in [4.69, 9.17) is 17.3 Å². The Balaban J connectivity index is 1.68. The highest BCUT2D eigenvalue weighted by atomic mass is 35.5. The van der Waals surface area contributed by atoms with Crippen molar-refractivity contribution in [2.45, 2.75) is 36.7 Å². The second kappa shape index (κ2) is 6.51. The molecule has 23 heavy (non-hydrogen) atoms. The van der Waals surface area contributed by atoms with E-state index in [1.54, 1.807) is 0 Å². The van der Waals surface area contributed by atoms with Gasteiger partial charge in [-0.2, -0.15) is 0 Å². The quantitative estimate of drug-likeness (QED) is 0.895. The van der Waals surface area contributed by atoms with Crippen molar-refractivity contribution in [1.29, 1.82) is 0 Å². The van der Waals surface area contributed by atoms with Crippen LogP contribution in [-0.2, 0) is 11.3 Å². The van der Waals surface area contributed by atoms with E-state index in [-0.39, 0.29) is 17.2 Å². The third-order valence-corrected chi connectivity index (χ3v) is 5.58. The van der Waals surface area contributed by atoms with Crippen molar-refractivity contribution in [3.05, 3.63) is 57.7 Å². The number of halogens is 1. The van der Waals surface area contributed by atoms with Gasteiger partial charge in [-0.1, -0.05) is 35.5 Å². The van der Waals surface area contributed by atoms with Gasteiger partial charge < -0.3 is 11.1 Å². The second-order valence-electron chi connectivity index (χ2n) is 5.69. The predicted molar refractivity (Wildman–Crippen MR) is 93.6 cm³/mol. The molecular formula is C17H18ClN3OS. The summed E-state index contributed by atoms with van der Waals surface area (Å²) < 4.78 is 0. The van der Waals surface area contributed by atoms with E-state index in [0.717, 1.165) is 27.4 Å². The van der Waals surface area contributed by atoms with Gasteiger partial charge in [-0.05, 0) is 43.2 Å². The van der Waals surface area contributed by atoms with Crippen LogP contribution in [0.4, 0.5) is 0 Å². The third-order valence-electron chi connectivity index (χ3n) is 4.02. The van der Waals surface area contributed by atoms with E-state index in [1.165, 1.54) is 11.8 Å². The number of rotatable bonds is 3. The lowest BCUT2D eigenvalue weighted by atomic mass is 10.0. The predicted octanol–water partition coefficient (Wildman–Crippen LogP) is 3.14. The van der Waals surface area contributed by atoms with E-state index in [1.807, 2.05) is 44.2 Å². The molecule has 2 unspecified atom stereocenters. The molecule has 1 aliphatic rings. The highest BCUT2D eigenvalue weighted by Gasteiger charge is 2.37. The van der Waals surface area contributed by atoms with Crippen LogP contribution in [0.5, 0.6) is 0 Å². The minimum Gasteiger partial charge on any atom is -0.351 e. The van der Waals surface area contributed by atoms with Crippen molar-refractivity contribution in [3.8, 4) is 0 Å². The summed E-state index contributed by atoms with van der Waals surface area (Å²) in [5, 5.41) is 4.15. The molecule has 0 saturated carbocycles. The van der Waals surface area contributed by atoms with Crippen molar-refractivity contribution < 1.29 is 4.79 Å². The summed E-state index contributed by atoms with van der Waals surface area (Å²) in [4.78, 5) is 17.0. The molecule has 0 radical (unpaired) electrons. The number of aryl methyl sites for hydroxylation is 2. The Morgan fingerprint density at radius 1 is 1.35 bits per heavy atom. The highest BCUT2D eigenvalue weighted by molar-refractivity contribution is 8.01. The summed E-state index contributed by atoms with van der Waals surface area (Å²) in [5.41, 5.74) is 10.3. The number of hydrogen-bond acceptors (Lipinski definition) is 4. The number of fused-ring (bicyclic) bond motifs is 1. The molecule has 0 saturated heterocycles. The minimum absolute atomic E-state index is 0.0641. The number of nitrogens with two attached hydrogens (primary N) is 1. The van der Waals surface area contributed by atoms with E-state index in [2.05, 4.69) is 10.3 Å². The van der Waals surface area contributed by atoms with Crippen molar-refractivity contribution in [3.63, 3.8) is 0 Å². The number of carbonyl (C=O) groups excluding carboxylic acids is 1. The number of hydrogen-bond donors (Lipinski definition) is 2. The zero-order chi connectivity index (χ0) is 16.6.